The van der Waals surface area contributed by atoms with Gasteiger partial charge in [-0.2, -0.15) is 0 Å². The summed E-state index contributed by atoms with van der Waals surface area (Å²) in [6, 6.07) is 12.8. The van der Waals surface area contributed by atoms with E-state index in [2.05, 4.69) is 4.90 Å². The SMILES string of the molecule is C[C@H]1Cc2ccccc2N1C(=O)c1ccc(N2CCCCC2)c([N+](=O)[O-])c1. The second-order valence-electron chi connectivity index (χ2n) is 7.37. The van der Waals surface area contributed by atoms with Crippen molar-refractivity contribution < 1.29 is 9.72 Å². The largest absolute Gasteiger partial charge is 0.366 e. The molecule has 0 aliphatic carbocycles. The maximum Gasteiger partial charge on any atom is 0.293 e. The summed E-state index contributed by atoms with van der Waals surface area (Å²) in [7, 11) is 0. The normalized spacial score (nSPS) is 19.1. The van der Waals surface area contributed by atoms with Gasteiger partial charge < -0.3 is 9.80 Å². The van der Waals surface area contributed by atoms with Gasteiger partial charge in [-0.15, -0.1) is 0 Å². The summed E-state index contributed by atoms with van der Waals surface area (Å²) in [5.41, 5.74) is 3.04. The van der Waals surface area contributed by atoms with Crippen LogP contribution in [0.25, 0.3) is 0 Å². The molecule has 0 bridgehead atoms. The number of anilines is 2. The van der Waals surface area contributed by atoms with Gasteiger partial charge in [-0.1, -0.05) is 18.2 Å². The van der Waals surface area contributed by atoms with Crippen LogP contribution >= 0.6 is 0 Å². The third-order valence-electron chi connectivity index (χ3n) is 5.54. The Morgan fingerprint density at radius 3 is 2.56 bits per heavy atom. The van der Waals surface area contributed by atoms with Crippen molar-refractivity contribution >= 4 is 23.0 Å². The Morgan fingerprint density at radius 2 is 1.81 bits per heavy atom. The minimum Gasteiger partial charge on any atom is -0.366 e. The second kappa shape index (κ2) is 7.02. The van der Waals surface area contributed by atoms with E-state index in [1.807, 2.05) is 31.2 Å². The van der Waals surface area contributed by atoms with E-state index < -0.39 is 0 Å². The summed E-state index contributed by atoms with van der Waals surface area (Å²) >= 11 is 0. The first-order chi connectivity index (χ1) is 13.1. The number of carbonyl (C=O) groups excluding carboxylic acids is 1. The molecule has 6 nitrogen and oxygen atoms in total. The predicted octanol–water partition coefficient (Wildman–Crippen LogP) is 4.18. The van der Waals surface area contributed by atoms with Crippen LogP contribution < -0.4 is 9.80 Å². The first-order valence-corrected chi connectivity index (χ1v) is 9.51. The lowest BCUT2D eigenvalue weighted by Crippen LogP contribution is -2.36. The number of piperidine rings is 1. The molecule has 140 valence electrons. The third kappa shape index (κ3) is 3.16. The summed E-state index contributed by atoms with van der Waals surface area (Å²) in [6.07, 6.45) is 4.04. The Labute approximate surface area is 158 Å². The zero-order chi connectivity index (χ0) is 19.0. The highest BCUT2D eigenvalue weighted by atomic mass is 16.6. The van der Waals surface area contributed by atoms with E-state index in [0.717, 1.165) is 50.0 Å². The predicted molar refractivity (Wildman–Crippen MR) is 106 cm³/mol. The smallest absolute Gasteiger partial charge is 0.293 e. The molecule has 0 spiro atoms. The van der Waals surface area contributed by atoms with E-state index in [9.17, 15) is 14.9 Å². The number of benzene rings is 2. The van der Waals surface area contributed by atoms with Gasteiger partial charge in [-0.05, 0) is 56.4 Å². The standard InChI is InChI=1S/C21H23N3O3/c1-15-13-16-7-3-4-8-18(16)23(15)21(25)17-9-10-19(20(14-17)24(26)27)22-11-5-2-6-12-22/h3-4,7-10,14-15H,2,5-6,11-13H2,1H3/t15-/m0/s1. The van der Waals surface area contributed by atoms with Crippen molar-refractivity contribution in [2.24, 2.45) is 0 Å². The van der Waals surface area contributed by atoms with Gasteiger partial charge in [0.2, 0.25) is 0 Å². The number of para-hydroxylation sites is 1. The molecule has 0 N–H and O–H groups in total. The summed E-state index contributed by atoms with van der Waals surface area (Å²) in [5.74, 6) is -0.180. The van der Waals surface area contributed by atoms with Crippen LogP contribution in [0.5, 0.6) is 0 Å². The zero-order valence-electron chi connectivity index (χ0n) is 15.4. The molecule has 27 heavy (non-hydrogen) atoms. The van der Waals surface area contributed by atoms with Gasteiger partial charge in [0.1, 0.15) is 5.69 Å². The molecule has 1 atom stereocenters. The molecule has 0 radical (unpaired) electrons. The van der Waals surface area contributed by atoms with Crippen LogP contribution in [0.4, 0.5) is 17.1 Å². The molecule has 2 aromatic rings. The van der Waals surface area contributed by atoms with Crippen molar-refractivity contribution in [3.8, 4) is 0 Å². The molecule has 2 aromatic carbocycles. The fourth-order valence-electron chi connectivity index (χ4n) is 4.22. The lowest BCUT2D eigenvalue weighted by atomic mass is 10.1. The first kappa shape index (κ1) is 17.5. The van der Waals surface area contributed by atoms with Gasteiger partial charge in [0.05, 0.1) is 4.92 Å². The molecule has 1 amide bonds. The van der Waals surface area contributed by atoms with E-state index >= 15 is 0 Å². The summed E-state index contributed by atoms with van der Waals surface area (Å²) in [5, 5.41) is 11.7. The van der Waals surface area contributed by atoms with Crippen molar-refractivity contribution in [3.05, 3.63) is 63.7 Å². The van der Waals surface area contributed by atoms with Crippen LogP contribution in [-0.2, 0) is 6.42 Å². The van der Waals surface area contributed by atoms with E-state index in [1.54, 1.807) is 17.0 Å². The van der Waals surface area contributed by atoms with Crippen LogP contribution in [0.2, 0.25) is 0 Å². The average molecular weight is 365 g/mol. The van der Waals surface area contributed by atoms with Gasteiger partial charge in [0, 0.05) is 36.4 Å². The molecule has 2 aliphatic heterocycles. The van der Waals surface area contributed by atoms with Crippen molar-refractivity contribution in [1.82, 2.24) is 0 Å². The van der Waals surface area contributed by atoms with Crippen LogP contribution in [0.15, 0.2) is 42.5 Å². The van der Waals surface area contributed by atoms with E-state index in [4.69, 9.17) is 0 Å². The van der Waals surface area contributed by atoms with Crippen LogP contribution in [-0.4, -0.2) is 30.0 Å². The number of nitro groups is 1. The fourth-order valence-corrected chi connectivity index (χ4v) is 4.22. The number of hydrogen-bond donors (Lipinski definition) is 0. The summed E-state index contributed by atoms with van der Waals surface area (Å²) in [6.45, 7) is 3.66. The molecular weight excluding hydrogens is 342 g/mol. The van der Waals surface area contributed by atoms with Gasteiger partial charge in [0.25, 0.3) is 11.6 Å². The topological polar surface area (TPSA) is 66.7 Å². The molecule has 0 saturated carbocycles. The number of amides is 1. The molecular formula is C21H23N3O3. The second-order valence-corrected chi connectivity index (χ2v) is 7.37. The van der Waals surface area contributed by atoms with E-state index in [0.29, 0.717) is 11.3 Å². The molecule has 1 saturated heterocycles. The lowest BCUT2D eigenvalue weighted by Gasteiger charge is -2.28. The van der Waals surface area contributed by atoms with Crippen molar-refractivity contribution in [2.45, 2.75) is 38.6 Å². The third-order valence-corrected chi connectivity index (χ3v) is 5.54. The molecule has 0 unspecified atom stereocenters. The quantitative estimate of drug-likeness (QED) is 0.605. The number of nitrogens with zero attached hydrogens (tertiary/aromatic N) is 3. The monoisotopic (exact) mass is 365 g/mol. The molecule has 4 rings (SSSR count). The summed E-state index contributed by atoms with van der Waals surface area (Å²) < 4.78 is 0. The van der Waals surface area contributed by atoms with Gasteiger partial charge in [-0.3, -0.25) is 14.9 Å². The Kier molecular flexibility index (Phi) is 4.56. The fraction of sp³-hybridized carbons (Fsp3) is 0.381. The number of hydrogen-bond acceptors (Lipinski definition) is 4. The van der Waals surface area contributed by atoms with Crippen LogP contribution in [0.1, 0.15) is 42.1 Å². The zero-order valence-corrected chi connectivity index (χ0v) is 15.4. The highest BCUT2D eigenvalue weighted by Gasteiger charge is 2.32. The van der Waals surface area contributed by atoms with Gasteiger partial charge in [0.15, 0.2) is 0 Å². The molecule has 0 aromatic heterocycles. The maximum absolute atomic E-state index is 13.2. The van der Waals surface area contributed by atoms with E-state index in [1.165, 1.54) is 6.07 Å². The Balaban J connectivity index is 1.69. The Morgan fingerprint density at radius 1 is 1.07 bits per heavy atom. The van der Waals surface area contributed by atoms with Crippen LogP contribution in [0.3, 0.4) is 0 Å². The van der Waals surface area contributed by atoms with Gasteiger partial charge in [-0.25, -0.2) is 0 Å². The number of fused-ring (bicyclic) bond motifs is 1. The summed E-state index contributed by atoms with van der Waals surface area (Å²) in [4.78, 5) is 28.3. The number of carbonyl (C=O) groups is 1. The minimum absolute atomic E-state index is 0.0166. The molecule has 2 heterocycles. The molecule has 1 fully saturated rings. The lowest BCUT2D eigenvalue weighted by molar-refractivity contribution is -0.384. The Bertz CT molecular complexity index is 890. The number of nitro benzene ring substituents is 1. The van der Waals surface area contributed by atoms with Crippen molar-refractivity contribution in [3.63, 3.8) is 0 Å². The highest BCUT2D eigenvalue weighted by Crippen LogP contribution is 2.35. The molecule has 6 heteroatoms. The molecule has 2 aliphatic rings. The average Bonchev–Trinajstić information content (AvgIpc) is 3.03. The maximum atomic E-state index is 13.2. The minimum atomic E-state index is -0.373. The van der Waals surface area contributed by atoms with Crippen molar-refractivity contribution in [2.75, 3.05) is 22.9 Å². The van der Waals surface area contributed by atoms with Crippen molar-refractivity contribution in [1.29, 1.82) is 0 Å². The van der Waals surface area contributed by atoms with Crippen LogP contribution in [0, 0.1) is 10.1 Å². The van der Waals surface area contributed by atoms with Gasteiger partial charge >= 0.3 is 0 Å². The highest BCUT2D eigenvalue weighted by molar-refractivity contribution is 6.08. The Hall–Kier alpha value is -2.89. The number of rotatable bonds is 3. The first-order valence-electron chi connectivity index (χ1n) is 9.51. The van der Waals surface area contributed by atoms with E-state index in [-0.39, 0.29) is 22.6 Å².